The van der Waals surface area contributed by atoms with Crippen LogP contribution in [0.4, 0.5) is 0 Å². The molecule has 1 atom stereocenters. The van der Waals surface area contributed by atoms with Crippen LogP contribution in [0.5, 0.6) is 0 Å². The summed E-state index contributed by atoms with van der Waals surface area (Å²) in [6, 6.07) is 12.9. The normalized spacial score (nSPS) is 12.3. The van der Waals surface area contributed by atoms with Crippen LogP contribution >= 0.6 is 0 Å². The lowest BCUT2D eigenvalue weighted by molar-refractivity contribution is 0.610. The predicted octanol–water partition coefficient (Wildman–Crippen LogP) is 2.89. The number of nitrogens with two attached hydrogens (primary N) is 1. The van der Waals surface area contributed by atoms with Gasteiger partial charge in [-0.05, 0) is 43.4 Å². The van der Waals surface area contributed by atoms with E-state index in [1.165, 1.54) is 16.7 Å². The van der Waals surface area contributed by atoms with Crippen LogP contribution in [0.3, 0.4) is 0 Å². The van der Waals surface area contributed by atoms with Crippen molar-refractivity contribution < 1.29 is 0 Å². The molecule has 0 bridgehead atoms. The van der Waals surface area contributed by atoms with Crippen LogP contribution in [0, 0.1) is 6.92 Å². The van der Waals surface area contributed by atoms with E-state index in [0.717, 1.165) is 19.3 Å². The van der Waals surface area contributed by atoms with Crippen molar-refractivity contribution in [1.29, 1.82) is 0 Å². The van der Waals surface area contributed by atoms with Gasteiger partial charge in [-0.3, -0.25) is 4.98 Å². The van der Waals surface area contributed by atoms with Gasteiger partial charge in [0, 0.05) is 18.4 Å². The molecular weight excluding hydrogens is 220 g/mol. The molecule has 2 N–H and O–H groups in total. The molecule has 0 aliphatic rings. The van der Waals surface area contributed by atoms with Gasteiger partial charge in [-0.25, -0.2) is 0 Å². The third-order valence-corrected chi connectivity index (χ3v) is 3.15. The smallest absolute Gasteiger partial charge is 0.0299 e. The SMILES string of the molecule is Cc1ccc(CC(N)CCc2cccnc2)cc1. The molecule has 2 nitrogen and oxygen atoms in total. The summed E-state index contributed by atoms with van der Waals surface area (Å²) in [6.45, 7) is 2.10. The second-order valence-corrected chi connectivity index (χ2v) is 4.85. The van der Waals surface area contributed by atoms with Crippen LogP contribution < -0.4 is 5.73 Å². The average Bonchev–Trinajstić information content (AvgIpc) is 2.40. The second-order valence-electron chi connectivity index (χ2n) is 4.85. The Kier molecular flexibility index (Phi) is 4.48. The molecule has 2 aromatic rings. The second kappa shape index (κ2) is 6.31. The van der Waals surface area contributed by atoms with E-state index in [0.29, 0.717) is 0 Å². The number of hydrogen-bond acceptors (Lipinski definition) is 2. The fourth-order valence-electron chi connectivity index (χ4n) is 2.03. The highest BCUT2D eigenvalue weighted by Crippen LogP contribution is 2.09. The summed E-state index contributed by atoms with van der Waals surface area (Å²) < 4.78 is 0. The maximum Gasteiger partial charge on any atom is 0.0299 e. The van der Waals surface area contributed by atoms with Crippen molar-refractivity contribution in [3.63, 3.8) is 0 Å². The molecule has 0 spiro atoms. The molecule has 0 radical (unpaired) electrons. The van der Waals surface area contributed by atoms with Crippen LogP contribution in [-0.2, 0) is 12.8 Å². The number of nitrogens with zero attached hydrogens (tertiary/aromatic N) is 1. The molecule has 18 heavy (non-hydrogen) atoms. The summed E-state index contributed by atoms with van der Waals surface area (Å²) in [5.41, 5.74) is 10.0. The Morgan fingerprint density at radius 2 is 1.89 bits per heavy atom. The van der Waals surface area contributed by atoms with E-state index in [4.69, 9.17) is 5.73 Å². The lowest BCUT2D eigenvalue weighted by Gasteiger charge is -2.11. The quantitative estimate of drug-likeness (QED) is 0.872. The van der Waals surface area contributed by atoms with E-state index in [-0.39, 0.29) is 6.04 Å². The van der Waals surface area contributed by atoms with Gasteiger partial charge in [-0.15, -0.1) is 0 Å². The molecule has 1 heterocycles. The maximum absolute atomic E-state index is 6.17. The van der Waals surface area contributed by atoms with Crippen molar-refractivity contribution >= 4 is 0 Å². The van der Waals surface area contributed by atoms with Gasteiger partial charge in [0.1, 0.15) is 0 Å². The van der Waals surface area contributed by atoms with Gasteiger partial charge in [0.05, 0.1) is 0 Å². The Morgan fingerprint density at radius 3 is 2.56 bits per heavy atom. The molecule has 0 amide bonds. The summed E-state index contributed by atoms with van der Waals surface area (Å²) in [5.74, 6) is 0. The summed E-state index contributed by atoms with van der Waals surface area (Å²) in [4.78, 5) is 4.12. The first-order chi connectivity index (χ1) is 8.74. The van der Waals surface area contributed by atoms with Crippen LogP contribution in [0.25, 0.3) is 0 Å². The minimum Gasteiger partial charge on any atom is -0.327 e. The van der Waals surface area contributed by atoms with Crippen molar-refractivity contribution in [1.82, 2.24) is 4.98 Å². The molecule has 2 rings (SSSR count). The summed E-state index contributed by atoms with van der Waals surface area (Å²) in [5, 5.41) is 0. The zero-order chi connectivity index (χ0) is 12.8. The first kappa shape index (κ1) is 12.8. The highest BCUT2D eigenvalue weighted by molar-refractivity contribution is 5.22. The van der Waals surface area contributed by atoms with Crippen LogP contribution in [0.2, 0.25) is 0 Å². The number of aromatic nitrogens is 1. The molecule has 1 aromatic heterocycles. The van der Waals surface area contributed by atoms with Crippen LogP contribution in [-0.4, -0.2) is 11.0 Å². The monoisotopic (exact) mass is 240 g/mol. The lowest BCUT2D eigenvalue weighted by atomic mass is 10.00. The highest BCUT2D eigenvalue weighted by Gasteiger charge is 2.04. The Hall–Kier alpha value is -1.67. The van der Waals surface area contributed by atoms with E-state index in [1.807, 2.05) is 12.3 Å². The van der Waals surface area contributed by atoms with Crippen molar-refractivity contribution in [2.75, 3.05) is 0 Å². The molecule has 0 aliphatic carbocycles. The first-order valence-corrected chi connectivity index (χ1v) is 6.44. The van der Waals surface area contributed by atoms with Crippen molar-refractivity contribution in [2.24, 2.45) is 5.73 Å². The Bertz CT molecular complexity index is 462. The van der Waals surface area contributed by atoms with Gasteiger partial charge in [0.25, 0.3) is 0 Å². The largest absolute Gasteiger partial charge is 0.327 e. The van der Waals surface area contributed by atoms with E-state index in [1.54, 1.807) is 6.20 Å². The van der Waals surface area contributed by atoms with Crippen LogP contribution in [0.15, 0.2) is 48.8 Å². The minimum absolute atomic E-state index is 0.216. The molecule has 1 aromatic carbocycles. The number of benzene rings is 1. The third-order valence-electron chi connectivity index (χ3n) is 3.15. The predicted molar refractivity (Wildman–Crippen MR) is 75.4 cm³/mol. The number of hydrogen-bond donors (Lipinski definition) is 1. The van der Waals surface area contributed by atoms with Crippen LogP contribution in [0.1, 0.15) is 23.1 Å². The molecule has 2 heteroatoms. The fraction of sp³-hybridized carbons (Fsp3) is 0.312. The summed E-state index contributed by atoms with van der Waals surface area (Å²) in [7, 11) is 0. The fourth-order valence-corrected chi connectivity index (χ4v) is 2.03. The van der Waals surface area contributed by atoms with E-state index < -0.39 is 0 Å². The van der Waals surface area contributed by atoms with Gasteiger partial charge in [-0.1, -0.05) is 35.9 Å². The Morgan fingerprint density at radius 1 is 1.11 bits per heavy atom. The van der Waals surface area contributed by atoms with E-state index in [2.05, 4.69) is 42.2 Å². The van der Waals surface area contributed by atoms with Crippen molar-refractivity contribution in [3.8, 4) is 0 Å². The molecular formula is C16H20N2. The molecule has 0 saturated heterocycles. The molecule has 1 unspecified atom stereocenters. The minimum atomic E-state index is 0.216. The first-order valence-electron chi connectivity index (χ1n) is 6.44. The van der Waals surface area contributed by atoms with Gasteiger partial charge in [-0.2, -0.15) is 0 Å². The van der Waals surface area contributed by atoms with E-state index in [9.17, 15) is 0 Å². The zero-order valence-corrected chi connectivity index (χ0v) is 10.8. The number of aryl methyl sites for hydroxylation is 2. The molecule has 0 saturated carbocycles. The summed E-state index contributed by atoms with van der Waals surface area (Å²) in [6.07, 6.45) is 6.66. The van der Waals surface area contributed by atoms with Gasteiger partial charge < -0.3 is 5.73 Å². The highest BCUT2D eigenvalue weighted by atomic mass is 14.6. The van der Waals surface area contributed by atoms with E-state index >= 15 is 0 Å². The van der Waals surface area contributed by atoms with Crippen molar-refractivity contribution in [3.05, 3.63) is 65.5 Å². The Balaban J connectivity index is 1.82. The third kappa shape index (κ3) is 3.97. The van der Waals surface area contributed by atoms with Gasteiger partial charge in [0.2, 0.25) is 0 Å². The number of pyridine rings is 1. The lowest BCUT2D eigenvalue weighted by Crippen LogP contribution is -2.23. The standard InChI is InChI=1S/C16H20N2/c1-13-4-6-14(7-5-13)11-16(17)9-8-15-3-2-10-18-12-15/h2-7,10,12,16H,8-9,11,17H2,1H3. The maximum atomic E-state index is 6.17. The molecule has 0 fully saturated rings. The molecule has 94 valence electrons. The van der Waals surface area contributed by atoms with Crippen molar-refractivity contribution in [2.45, 2.75) is 32.2 Å². The van der Waals surface area contributed by atoms with Gasteiger partial charge in [0.15, 0.2) is 0 Å². The van der Waals surface area contributed by atoms with Gasteiger partial charge >= 0.3 is 0 Å². The molecule has 0 aliphatic heterocycles. The average molecular weight is 240 g/mol. The number of rotatable bonds is 5. The Labute approximate surface area is 109 Å². The topological polar surface area (TPSA) is 38.9 Å². The zero-order valence-electron chi connectivity index (χ0n) is 10.8. The summed E-state index contributed by atoms with van der Waals surface area (Å²) >= 11 is 0.